The molecule has 2 N–H and O–H groups in total. The van der Waals surface area contributed by atoms with Gasteiger partial charge in [-0.3, -0.25) is 4.79 Å². The van der Waals surface area contributed by atoms with Crippen molar-refractivity contribution in [1.82, 2.24) is 10.2 Å². The molecule has 0 aliphatic carbocycles. The molecular formula is C18H14ClFN4O. The van der Waals surface area contributed by atoms with Crippen LogP contribution >= 0.6 is 11.6 Å². The molecule has 1 aromatic heterocycles. The molecular weight excluding hydrogens is 343 g/mol. The van der Waals surface area contributed by atoms with E-state index in [-0.39, 0.29) is 17.4 Å². The summed E-state index contributed by atoms with van der Waals surface area (Å²) in [7, 11) is 0. The fraction of sp³-hybridized carbons (Fsp3) is 0.0556. The number of nitrogens with zero attached hydrogens (tertiary/aromatic N) is 2. The lowest BCUT2D eigenvalue weighted by atomic mass is 10.2. The van der Waals surface area contributed by atoms with Crippen LogP contribution in [0.4, 0.5) is 21.6 Å². The summed E-state index contributed by atoms with van der Waals surface area (Å²) in [6.45, 7) is 1.87. The van der Waals surface area contributed by atoms with E-state index in [2.05, 4.69) is 20.8 Å². The average Bonchev–Trinajstić information content (AvgIpc) is 2.61. The topological polar surface area (TPSA) is 66.9 Å². The standard InChI is InChI=1S/C18H14ClFN4O/c1-11-2-3-12(19)10-16(11)22-18(25)15-8-9-17(24-23-15)21-14-6-4-13(20)5-7-14/h2-10H,1H3,(H,21,24)(H,22,25). The first-order valence-electron chi connectivity index (χ1n) is 7.45. The first kappa shape index (κ1) is 16.9. The Morgan fingerprint density at radius 1 is 1.04 bits per heavy atom. The Balaban J connectivity index is 1.70. The Labute approximate surface area is 148 Å². The van der Waals surface area contributed by atoms with Gasteiger partial charge in [0.1, 0.15) is 5.82 Å². The van der Waals surface area contributed by atoms with Gasteiger partial charge in [-0.2, -0.15) is 0 Å². The molecule has 0 unspecified atom stereocenters. The monoisotopic (exact) mass is 356 g/mol. The van der Waals surface area contributed by atoms with Crippen LogP contribution in [0.15, 0.2) is 54.6 Å². The van der Waals surface area contributed by atoms with Gasteiger partial charge in [-0.25, -0.2) is 4.39 Å². The van der Waals surface area contributed by atoms with Crippen molar-refractivity contribution in [3.8, 4) is 0 Å². The van der Waals surface area contributed by atoms with Gasteiger partial charge in [0.25, 0.3) is 5.91 Å². The van der Waals surface area contributed by atoms with Gasteiger partial charge < -0.3 is 10.6 Å². The number of carbonyl (C=O) groups is 1. The molecule has 0 radical (unpaired) electrons. The van der Waals surface area contributed by atoms with Gasteiger partial charge in [0.15, 0.2) is 11.5 Å². The van der Waals surface area contributed by atoms with Gasteiger partial charge in [-0.15, -0.1) is 10.2 Å². The van der Waals surface area contributed by atoms with Crippen LogP contribution in [0.25, 0.3) is 0 Å². The number of hydrogen-bond acceptors (Lipinski definition) is 4. The molecule has 0 aliphatic rings. The second-order valence-corrected chi connectivity index (χ2v) is 5.79. The Kier molecular flexibility index (Phi) is 4.90. The van der Waals surface area contributed by atoms with Crippen molar-refractivity contribution in [2.24, 2.45) is 0 Å². The molecule has 0 aliphatic heterocycles. The van der Waals surface area contributed by atoms with Crippen LogP contribution in [0.2, 0.25) is 5.02 Å². The van der Waals surface area contributed by atoms with Crippen molar-refractivity contribution in [1.29, 1.82) is 0 Å². The Hall–Kier alpha value is -2.99. The van der Waals surface area contributed by atoms with Gasteiger partial charge in [0.05, 0.1) is 0 Å². The maximum Gasteiger partial charge on any atom is 0.276 e. The third kappa shape index (κ3) is 4.30. The van der Waals surface area contributed by atoms with Crippen molar-refractivity contribution in [2.75, 3.05) is 10.6 Å². The molecule has 5 nitrogen and oxygen atoms in total. The van der Waals surface area contributed by atoms with Gasteiger partial charge in [0, 0.05) is 16.4 Å². The molecule has 0 saturated heterocycles. The molecule has 7 heteroatoms. The minimum atomic E-state index is -0.383. The molecule has 25 heavy (non-hydrogen) atoms. The number of nitrogens with one attached hydrogen (secondary N) is 2. The molecule has 0 spiro atoms. The number of amides is 1. The van der Waals surface area contributed by atoms with E-state index in [0.29, 0.717) is 22.2 Å². The van der Waals surface area contributed by atoms with Crippen molar-refractivity contribution in [2.45, 2.75) is 6.92 Å². The van der Waals surface area contributed by atoms with Crippen LogP contribution in [0.1, 0.15) is 16.1 Å². The molecule has 1 amide bonds. The molecule has 3 aromatic rings. The zero-order valence-corrected chi connectivity index (χ0v) is 14.0. The zero-order chi connectivity index (χ0) is 17.8. The lowest BCUT2D eigenvalue weighted by Crippen LogP contribution is -2.15. The largest absolute Gasteiger partial charge is 0.339 e. The second kappa shape index (κ2) is 7.27. The zero-order valence-electron chi connectivity index (χ0n) is 13.3. The maximum atomic E-state index is 12.9. The van der Waals surface area contributed by atoms with E-state index in [1.807, 2.05) is 13.0 Å². The summed E-state index contributed by atoms with van der Waals surface area (Å²) in [4.78, 5) is 12.3. The average molecular weight is 357 g/mol. The minimum absolute atomic E-state index is 0.170. The smallest absolute Gasteiger partial charge is 0.276 e. The van der Waals surface area contributed by atoms with Crippen molar-refractivity contribution < 1.29 is 9.18 Å². The summed E-state index contributed by atoms with van der Waals surface area (Å²) in [6, 6.07) is 14.3. The van der Waals surface area contributed by atoms with Crippen LogP contribution in [-0.4, -0.2) is 16.1 Å². The molecule has 0 atom stereocenters. The summed E-state index contributed by atoms with van der Waals surface area (Å²) in [5, 5.41) is 14.1. The summed E-state index contributed by atoms with van der Waals surface area (Å²) >= 11 is 5.94. The summed E-state index contributed by atoms with van der Waals surface area (Å²) in [5.74, 6) is -0.256. The van der Waals surface area contributed by atoms with Crippen LogP contribution in [0.5, 0.6) is 0 Å². The van der Waals surface area contributed by atoms with Crippen LogP contribution < -0.4 is 10.6 Å². The van der Waals surface area contributed by atoms with Crippen LogP contribution in [0, 0.1) is 12.7 Å². The SMILES string of the molecule is Cc1ccc(Cl)cc1NC(=O)c1ccc(Nc2ccc(F)cc2)nn1. The third-order valence-corrected chi connectivity index (χ3v) is 3.70. The Morgan fingerprint density at radius 3 is 2.48 bits per heavy atom. The number of rotatable bonds is 4. The van der Waals surface area contributed by atoms with Crippen LogP contribution in [-0.2, 0) is 0 Å². The van der Waals surface area contributed by atoms with E-state index in [4.69, 9.17) is 11.6 Å². The molecule has 0 bridgehead atoms. The molecule has 0 fully saturated rings. The highest BCUT2D eigenvalue weighted by Crippen LogP contribution is 2.21. The van der Waals surface area contributed by atoms with E-state index in [1.165, 1.54) is 12.1 Å². The minimum Gasteiger partial charge on any atom is -0.339 e. The van der Waals surface area contributed by atoms with Gasteiger partial charge in [-0.05, 0) is 61.0 Å². The quantitative estimate of drug-likeness (QED) is 0.718. The lowest BCUT2D eigenvalue weighted by molar-refractivity contribution is 0.102. The van der Waals surface area contributed by atoms with Crippen molar-refractivity contribution in [3.05, 3.63) is 76.7 Å². The van der Waals surface area contributed by atoms with Gasteiger partial charge >= 0.3 is 0 Å². The number of carbonyl (C=O) groups excluding carboxylic acids is 1. The van der Waals surface area contributed by atoms with E-state index in [9.17, 15) is 9.18 Å². The first-order chi connectivity index (χ1) is 12.0. The number of anilines is 3. The molecule has 1 heterocycles. The van der Waals surface area contributed by atoms with Crippen LogP contribution in [0.3, 0.4) is 0 Å². The predicted octanol–water partition coefficient (Wildman–Crippen LogP) is 4.57. The molecule has 2 aromatic carbocycles. The fourth-order valence-electron chi connectivity index (χ4n) is 2.12. The fourth-order valence-corrected chi connectivity index (χ4v) is 2.29. The molecule has 126 valence electrons. The van der Waals surface area contributed by atoms with Gasteiger partial charge in [0.2, 0.25) is 0 Å². The van der Waals surface area contributed by atoms with E-state index in [0.717, 1.165) is 5.56 Å². The third-order valence-electron chi connectivity index (χ3n) is 3.46. The number of benzene rings is 2. The van der Waals surface area contributed by atoms with E-state index < -0.39 is 0 Å². The van der Waals surface area contributed by atoms with Crippen molar-refractivity contribution >= 4 is 34.7 Å². The number of aromatic nitrogens is 2. The summed E-state index contributed by atoms with van der Waals surface area (Å²) in [6.07, 6.45) is 0. The highest BCUT2D eigenvalue weighted by Gasteiger charge is 2.10. The number of aryl methyl sites for hydroxylation is 1. The number of hydrogen-bond donors (Lipinski definition) is 2. The van der Waals surface area contributed by atoms with Crippen molar-refractivity contribution in [3.63, 3.8) is 0 Å². The molecule has 3 rings (SSSR count). The normalized spacial score (nSPS) is 10.4. The Bertz CT molecular complexity index is 898. The summed E-state index contributed by atoms with van der Waals surface area (Å²) < 4.78 is 12.9. The maximum absolute atomic E-state index is 12.9. The molecule has 0 saturated carbocycles. The van der Waals surface area contributed by atoms with E-state index in [1.54, 1.807) is 36.4 Å². The lowest BCUT2D eigenvalue weighted by Gasteiger charge is -2.09. The number of halogens is 2. The predicted molar refractivity (Wildman–Crippen MR) is 95.9 cm³/mol. The second-order valence-electron chi connectivity index (χ2n) is 5.35. The highest BCUT2D eigenvalue weighted by molar-refractivity contribution is 6.31. The first-order valence-corrected chi connectivity index (χ1v) is 7.83. The van der Waals surface area contributed by atoms with Gasteiger partial charge in [-0.1, -0.05) is 17.7 Å². The Morgan fingerprint density at radius 2 is 1.80 bits per heavy atom. The van der Waals surface area contributed by atoms with E-state index >= 15 is 0 Å². The summed E-state index contributed by atoms with van der Waals surface area (Å²) in [5.41, 5.74) is 2.35. The highest BCUT2D eigenvalue weighted by atomic mass is 35.5.